The molecule has 0 aliphatic carbocycles. The summed E-state index contributed by atoms with van der Waals surface area (Å²) in [6, 6.07) is 4.25. The highest BCUT2D eigenvalue weighted by Gasteiger charge is 2.21. The minimum atomic E-state index is -1.23. The van der Waals surface area contributed by atoms with E-state index in [1.54, 1.807) is 0 Å². The molecule has 0 aliphatic rings. The number of benzene rings is 1. The lowest BCUT2D eigenvalue weighted by Crippen LogP contribution is -2.27. The molecule has 0 bridgehead atoms. The highest BCUT2D eigenvalue weighted by atomic mass is 35.5. The molecule has 4 N–H and O–H groups in total. The third-order valence-electron chi connectivity index (χ3n) is 2.49. The summed E-state index contributed by atoms with van der Waals surface area (Å²) < 4.78 is 0. The summed E-state index contributed by atoms with van der Waals surface area (Å²) in [7, 11) is 0. The molecule has 2 atom stereocenters. The third-order valence-corrected chi connectivity index (χ3v) is 2.72. The molecule has 0 spiro atoms. The van der Waals surface area contributed by atoms with Gasteiger partial charge in [0.25, 0.3) is 0 Å². The topological polar surface area (TPSA) is 89.8 Å². The normalized spacial score (nSPS) is 14.0. The molecule has 100 valence electrons. The number of halogens is 1. The molecular formula is C12H16ClNO4. The molecule has 0 radical (unpaired) electrons. The maximum Gasteiger partial charge on any atom is 0.216 e. The first kappa shape index (κ1) is 14.8. The average molecular weight is 274 g/mol. The molecule has 0 saturated carbocycles. The second kappa shape index (κ2) is 6.58. The van der Waals surface area contributed by atoms with Crippen LogP contribution in [0, 0.1) is 0 Å². The van der Waals surface area contributed by atoms with E-state index in [1.807, 2.05) is 0 Å². The number of amides is 1. The van der Waals surface area contributed by atoms with E-state index in [1.165, 1.54) is 25.1 Å². The monoisotopic (exact) mass is 273 g/mol. The highest BCUT2D eigenvalue weighted by Crippen LogP contribution is 2.29. The number of aliphatic hydroxyl groups excluding tert-OH is 2. The number of phenols is 1. The number of rotatable bonds is 5. The molecule has 0 fully saturated rings. The smallest absolute Gasteiger partial charge is 0.216 e. The number of aromatic hydroxyl groups is 1. The number of nitrogens with one attached hydrogen (secondary N) is 1. The van der Waals surface area contributed by atoms with E-state index in [-0.39, 0.29) is 30.2 Å². The average Bonchev–Trinajstić information content (AvgIpc) is 2.27. The molecule has 5 nitrogen and oxygen atoms in total. The minimum absolute atomic E-state index is 0.173. The number of carbonyl (C=O) groups excluding carboxylic acids is 1. The van der Waals surface area contributed by atoms with Gasteiger partial charge in [-0.3, -0.25) is 4.79 Å². The number of hydrogen-bond donors (Lipinski definition) is 4. The Morgan fingerprint density at radius 3 is 2.67 bits per heavy atom. The predicted molar refractivity (Wildman–Crippen MR) is 67.4 cm³/mol. The van der Waals surface area contributed by atoms with Crippen LogP contribution in [0.5, 0.6) is 5.75 Å². The van der Waals surface area contributed by atoms with Gasteiger partial charge in [0, 0.05) is 24.1 Å². The molecule has 0 aliphatic heterocycles. The van der Waals surface area contributed by atoms with Crippen LogP contribution in [0.4, 0.5) is 0 Å². The lowest BCUT2D eigenvalue weighted by atomic mass is 10.0. The molecule has 0 aromatic heterocycles. The largest absolute Gasteiger partial charge is 0.508 e. The first-order valence-corrected chi connectivity index (χ1v) is 5.88. The fraction of sp³-hybridized carbons (Fsp3) is 0.417. The lowest BCUT2D eigenvalue weighted by Gasteiger charge is -2.19. The Morgan fingerprint density at radius 2 is 2.11 bits per heavy atom. The van der Waals surface area contributed by atoms with Crippen LogP contribution >= 0.6 is 11.6 Å². The van der Waals surface area contributed by atoms with Crippen molar-refractivity contribution in [3.05, 3.63) is 28.8 Å². The number of carbonyl (C=O) groups is 1. The van der Waals surface area contributed by atoms with E-state index in [4.69, 9.17) is 11.6 Å². The minimum Gasteiger partial charge on any atom is -0.508 e. The molecule has 1 aromatic carbocycles. The van der Waals surface area contributed by atoms with Crippen molar-refractivity contribution in [1.82, 2.24) is 5.32 Å². The molecule has 18 heavy (non-hydrogen) atoms. The number of hydrogen-bond acceptors (Lipinski definition) is 4. The van der Waals surface area contributed by atoms with E-state index in [0.717, 1.165) is 0 Å². The molecule has 6 heteroatoms. The molecule has 1 rings (SSSR count). The zero-order valence-corrected chi connectivity index (χ0v) is 10.7. The van der Waals surface area contributed by atoms with Crippen molar-refractivity contribution in [1.29, 1.82) is 0 Å². The Hall–Kier alpha value is -1.30. The molecule has 0 saturated heterocycles. The van der Waals surface area contributed by atoms with Crippen LogP contribution in [0.25, 0.3) is 0 Å². The van der Waals surface area contributed by atoms with Crippen molar-refractivity contribution in [2.75, 3.05) is 6.54 Å². The zero-order chi connectivity index (χ0) is 13.7. The van der Waals surface area contributed by atoms with Crippen molar-refractivity contribution >= 4 is 17.5 Å². The third kappa shape index (κ3) is 4.18. The number of aliphatic hydroxyl groups is 2. The first-order valence-electron chi connectivity index (χ1n) is 5.50. The molecule has 1 aromatic rings. The van der Waals surface area contributed by atoms with Crippen LogP contribution < -0.4 is 5.32 Å². The Labute approximate surface area is 110 Å². The fourth-order valence-corrected chi connectivity index (χ4v) is 1.69. The molecular weight excluding hydrogens is 258 g/mol. The van der Waals surface area contributed by atoms with Crippen molar-refractivity contribution in [3.63, 3.8) is 0 Å². The van der Waals surface area contributed by atoms with Gasteiger partial charge in [0.05, 0.1) is 6.10 Å². The van der Waals surface area contributed by atoms with Gasteiger partial charge in [-0.15, -0.1) is 0 Å². The van der Waals surface area contributed by atoms with Gasteiger partial charge in [-0.05, 0) is 18.6 Å². The molecule has 0 heterocycles. The zero-order valence-electron chi connectivity index (χ0n) is 9.93. The van der Waals surface area contributed by atoms with Crippen LogP contribution in [0.2, 0.25) is 5.02 Å². The van der Waals surface area contributed by atoms with Gasteiger partial charge in [0.1, 0.15) is 11.9 Å². The van der Waals surface area contributed by atoms with Gasteiger partial charge >= 0.3 is 0 Å². The van der Waals surface area contributed by atoms with Crippen LogP contribution in [0.1, 0.15) is 25.0 Å². The van der Waals surface area contributed by atoms with E-state index >= 15 is 0 Å². The van der Waals surface area contributed by atoms with E-state index in [2.05, 4.69) is 5.32 Å². The lowest BCUT2D eigenvalue weighted by molar-refractivity contribution is -0.119. The van der Waals surface area contributed by atoms with E-state index in [9.17, 15) is 20.1 Å². The second-order valence-electron chi connectivity index (χ2n) is 3.99. The van der Waals surface area contributed by atoms with Crippen molar-refractivity contribution in [3.8, 4) is 5.75 Å². The fourth-order valence-electron chi connectivity index (χ4n) is 1.53. The maximum absolute atomic E-state index is 10.6. The molecule has 1 amide bonds. The molecule has 2 unspecified atom stereocenters. The summed E-state index contributed by atoms with van der Waals surface area (Å²) in [6.45, 7) is 1.62. The Kier molecular flexibility index (Phi) is 5.40. The predicted octanol–water partition coefficient (Wildman–Crippen LogP) is 0.966. The van der Waals surface area contributed by atoms with E-state index < -0.39 is 12.2 Å². The van der Waals surface area contributed by atoms with Crippen LogP contribution in [0.3, 0.4) is 0 Å². The van der Waals surface area contributed by atoms with Crippen molar-refractivity contribution < 1.29 is 20.1 Å². The van der Waals surface area contributed by atoms with Gasteiger partial charge < -0.3 is 20.6 Å². The maximum atomic E-state index is 10.6. The quantitative estimate of drug-likeness (QED) is 0.643. The Bertz CT molecular complexity index is 425. The van der Waals surface area contributed by atoms with Crippen molar-refractivity contribution in [2.45, 2.75) is 25.6 Å². The summed E-state index contributed by atoms with van der Waals surface area (Å²) in [5.74, 6) is -0.375. The summed E-state index contributed by atoms with van der Waals surface area (Å²) in [4.78, 5) is 10.6. The standard InChI is InChI=1S/C12H16ClNO4/c1-7(15)14-5-4-10(16)12(18)9-3-2-8(13)6-11(9)17/h2-3,6,10,12,16-18H,4-5H2,1H3,(H,14,15). The second-order valence-corrected chi connectivity index (χ2v) is 4.42. The summed E-state index contributed by atoms with van der Waals surface area (Å²) in [6.07, 6.45) is -2.12. The van der Waals surface area contributed by atoms with Crippen LogP contribution in [-0.2, 0) is 4.79 Å². The van der Waals surface area contributed by atoms with Gasteiger partial charge in [-0.2, -0.15) is 0 Å². The van der Waals surface area contributed by atoms with Gasteiger partial charge in [0.15, 0.2) is 0 Å². The van der Waals surface area contributed by atoms with Crippen molar-refractivity contribution in [2.24, 2.45) is 0 Å². The first-order chi connectivity index (χ1) is 8.41. The van der Waals surface area contributed by atoms with E-state index in [0.29, 0.717) is 5.02 Å². The van der Waals surface area contributed by atoms with Gasteiger partial charge in [-0.25, -0.2) is 0 Å². The van der Waals surface area contributed by atoms with Crippen LogP contribution in [0.15, 0.2) is 18.2 Å². The SMILES string of the molecule is CC(=O)NCCC(O)C(O)c1ccc(Cl)cc1O. The van der Waals surface area contributed by atoms with Crippen LogP contribution in [-0.4, -0.2) is 33.9 Å². The summed E-state index contributed by atoms with van der Waals surface area (Å²) >= 11 is 5.67. The van der Waals surface area contributed by atoms with Gasteiger partial charge in [0.2, 0.25) is 5.91 Å². The Balaban J connectivity index is 2.62. The summed E-state index contributed by atoms with van der Waals surface area (Å²) in [5, 5.41) is 32.0. The van der Waals surface area contributed by atoms with Gasteiger partial charge in [-0.1, -0.05) is 17.7 Å². The Morgan fingerprint density at radius 1 is 1.44 bits per heavy atom. The summed E-state index contributed by atoms with van der Waals surface area (Å²) in [5.41, 5.74) is 0.203. The highest BCUT2D eigenvalue weighted by molar-refractivity contribution is 6.30. The number of phenolic OH excluding ortho intramolecular Hbond substituents is 1.